The molecule has 3 heteroatoms. The summed E-state index contributed by atoms with van der Waals surface area (Å²) in [4.78, 5) is 0. The minimum atomic E-state index is 0.424. The second-order valence-corrected chi connectivity index (χ2v) is 4.65. The fourth-order valence-corrected chi connectivity index (χ4v) is 1.97. The molecule has 2 rings (SSSR count). The first-order valence-electron chi connectivity index (χ1n) is 6.14. The van der Waals surface area contributed by atoms with E-state index in [0.29, 0.717) is 12.5 Å². The lowest BCUT2D eigenvalue weighted by Gasteiger charge is -2.11. The van der Waals surface area contributed by atoms with E-state index in [1.807, 2.05) is 18.2 Å². The van der Waals surface area contributed by atoms with Gasteiger partial charge in [-0.05, 0) is 18.6 Å². The molecule has 0 bridgehead atoms. The van der Waals surface area contributed by atoms with Crippen molar-refractivity contribution in [3.05, 3.63) is 59.2 Å². The molecule has 19 heavy (non-hydrogen) atoms. The third-order valence-electron chi connectivity index (χ3n) is 2.93. The van der Waals surface area contributed by atoms with Gasteiger partial charge in [-0.15, -0.1) is 11.6 Å². The van der Waals surface area contributed by atoms with Crippen molar-refractivity contribution in [3.63, 3.8) is 0 Å². The van der Waals surface area contributed by atoms with Crippen LogP contribution in [0.4, 0.5) is 0 Å². The van der Waals surface area contributed by atoms with Crippen LogP contribution in [0.3, 0.4) is 0 Å². The standard InChI is InChI=1S/C16H17ClO2/c1-12-3-5-13(6-4-12)11-19-16-9-15(18-2)8-7-14(16)10-17/h3-9H,10-11H2,1-2H3. The van der Waals surface area contributed by atoms with Crippen molar-refractivity contribution >= 4 is 11.6 Å². The highest BCUT2D eigenvalue weighted by Gasteiger charge is 2.05. The van der Waals surface area contributed by atoms with Gasteiger partial charge in [0.25, 0.3) is 0 Å². The summed E-state index contributed by atoms with van der Waals surface area (Å²) >= 11 is 5.91. The lowest BCUT2D eigenvalue weighted by atomic mass is 10.1. The number of benzene rings is 2. The van der Waals surface area contributed by atoms with Crippen molar-refractivity contribution in [3.8, 4) is 11.5 Å². The number of aryl methyl sites for hydroxylation is 1. The summed E-state index contributed by atoms with van der Waals surface area (Å²) in [6.45, 7) is 2.59. The number of halogens is 1. The van der Waals surface area contributed by atoms with Gasteiger partial charge in [-0.25, -0.2) is 0 Å². The molecule has 0 spiro atoms. The minimum Gasteiger partial charge on any atom is -0.497 e. The highest BCUT2D eigenvalue weighted by molar-refractivity contribution is 6.17. The second-order valence-electron chi connectivity index (χ2n) is 4.38. The van der Waals surface area contributed by atoms with Crippen LogP contribution < -0.4 is 9.47 Å². The molecule has 0 heterocycles. The fraction of sp³-hybridized carbons (Fsp3) is 0.250. The van der Waals surface area contributed by atoms with Crippen LogP contribution in [0, 0.1) is 6.92 Å². The Morgan fingerprint density at radius 2 is 1.79 bits per heavy atom. The first-order valence-corrected chi connectivity index (χ1v) is 6.67. The Bertz CT molecular complexity index is 535. The molecule has 0 saturated heterocycles. The van der Waals surface area contributed by atoms with Crippen molar-refractivity contribution < 1.29 is 9.47 Å². The van der Waals surface area contributed by atoms with E-state index in [2.05, 4.69) is 31.2 Å². The van der Waals surface area contributed by atoms with Gasteiger partial charge in [0.1, 0.15) is 18.1 Å². The monoisotopic (exact) mass is 276 g/mol. The molecule has 0 saturated carbocycles. The van der Waals surface area contributed by atoms with E-state index in [0.717, 1.165) is 22.6 Å². The highest BCUT2D eigenvalue weighted by atomic mass is 35.5. The Labute approximate surface area is 118 Å². The summed E-state index contributed by atoms with van der Waals surface area (Å²) in [5.74, 6) is 1.97. The molecular weight excluding hydrogens is 260 g/mol. The van der Waals surface area contributed by atoms with Crippen LogP contribution in [0.25, 0.3) is 0 Å². The molecule has 2 aromatic rings. The lowest BCUT2D eigenvalue weighted by molar-refractivity contribution is 0.301. The number of rotatable bonds is 5. The van der Waals surface area contributed by atoms with E-state index in [1.165, 1.54) is 5.56 Å². The number of alkyl halides is 1. The largest absolute Gasteiger partial charge is 0.497 e. The van der Waals surface area contributed by atoms with Gasteiger partial charge < -0.3 is 9.47 Å². The molecule has 0 atom stereocenters. The van der Waals surface area contributed by atoms with Crippen molar-refractivity contribution in [2.24, 2.45) is 0 Å². The van der Waals surface area contributed by atoms with Crippen molar-refractivity contribution in [2.75, 3.05) is 7.11 Å². The third kappa shape index (κ3) is 3.65. The number of methoxy groups -OCH3 is 1. The van der Waals surface area contributed by atoms with E-state index in [1.54, 1.807) is 7.11 Å². The van der Waals surface area contributed by atoms with Crippen molar-refractivity contribution in [1.82, 2.24) is 0 Å². The summed E-state index contributed by atoms with van der Waals surface area (Å²) in [5, 5.41) is 0. The number of hydrogen-bond acceptors (Lipinski definition) is 2. The molecule has 2 nitrogen and oxygen atoms in total. The maximum atomic E-state index is 5.91. The van der Waals surface area contributed by atoms with Gasteiger partial charge in [-0.3, -0.25) is 0 Å². The number of hydrogen-bond donors (Lipinski definition) is 0. The zero-order valence-corrected chi connectivity index (χ0v) is 11.9. The first kappa shape index (κ1) is 13.8. The smallest absolute Gasteiger partial charge is 0.127 e. The zero-order valence-electron chi connectivity index (χ0n) is 11.2. The fourth-order valence-electron chi connectivity index (χ4n) is 1.75. The lowest BCUT2D eigenvalue weighted by Crippen LogP contribution is -1.98. The van der Waals surface area contributed by atoms with Crippen LogP contribution in [0.5, 0.6) is 11.5 Å². The number of ether oxygens (including phenoxy) is 2. The van der Waals surface area contributed by atoms with Crippen LogP contribution >= 0.6 is 11.6 Å². The Kier molecular flexibility index (Phi) is 4.69. The molecule has 0 aliphatic rings. The molecule has 0 N–H and O–H groups in total. The molecular formula is C16H17ClO2. The van der Waals surface area contributed by atoms with Crippen LogP contribution in [0.1, 0.15) is 16.7 Å². The Morgan fingerprint density at radius 3 is 2.42 bits per heavy atom. The predicted octanol–water partition coefficient (Wildman–Crippen LogP) is 4.32. The van der Waals surface area contributed by atoms with Gasteiger partial charge in [0, 0.05) is 11.6 Å². The van der Waals surface area contributed by atoms with Gasteiger partial charge in [-0.2, -0.15) is 0 Å². The summed E-state index contributed by atoms with van der Waals surface area (Å²) in [5.41, 5.74) is 3.34. The molecule has 100 valence electrons. The molecule has 0 fully saturated rings. The van der Waals surface area contributed by atoms with Gasteiger partial charge >= 0.3 is 0 Å². The average molecular weight is 277 g/mol. The topological polar surface area (TPSA) is 18.5 Å². The highest BCUT2D eigenvalue weighted by Crippen LogP contribution is 2.27. The molecule has 2 aromatic carbocycles. The van der Waals surface area contributed by atoms with Gasteiger partial charge in [-0.1, -0.05) is 35.9 Å². The molecule has 0 unspecified atom stereocenters. The summed E-state index contributed by atoms with van der Waals surface area (Å²) in [6.07, 6.45) is 0. The van der Waals surface area contributed by atoms with Gasteiger partial charge in [0.05, 0.1) is 13.0 Å². The van der Waals surface area contributed by atoms with E-state index >= 15 is 0 Å². The zero-order chi connectivity index (χ0) is 13.7. The van der Waals surface area contributed by atoms with E-state index < -0.39 is 0 Å². The normalized spacial score (nSPS) is 10.3. The van der Waals surface area contributed by atoms with Crippen molar-refractivity contribution in [2.45, 2.75) is 19.4 Å². The van der Waals surface area contributed by atoms with Crippen LogP contribution in [0.2, 0.25) is 0 Å². The van der Waals surface area contributed by atoms with Crippen LogP contribution in [-0.2, 0) is 12.5 Å². The maximum Gasteiger partial charge on any atom is 0.127 e. The SMILES string of the molecule is COc1ccc(CCl)c(OCc2ccc(C)cc2)c1. The van der Waals surface area contributed by atoms with Crippen molar-refractivity contribution in [1.29, 1.82) is 0 Å². The van der Waals surface area contributed by atoms with E-state index in [9.17, 15) is 0 Å². The third-order valence-corrected chi connectivity index (χ3v) is 3.22. The summed E-state index contributed by atoms with van der Waals surface area (Å²) in [7, 11) is 1.64. The Morgan fingerprint density at radius 1 is 1.05 bits per heavy atom. The van der Waals surface area contributed by atoms with Gasteiger partial charge in [0.2, 0.25) is 0 Å². The molecule has 0 aliphatic carbocycles. The Hall–Kier alpha value is -1.67. The quantitative estimate of drug-likeness (QED) is 0.757. The Balaban J connectivity index is 2.11. The van der Waals surface area contributed by atoms with E-state index in [-0.39, 0.29) is 0 Å². The second kappa shape index (κ2) is 6.48. The van der Waals surface area contributed by atoms with Gasteiger partial charge in [0.15, 0.2) is 0 Å². The predicted molar refractivity (Wildman–Crippen MR) is 78.1 cm³/mol. The molecule has 0 aliphatic heterocycles. The first-order chi connectivity index (χ1) is 9.22. The molecule has 0 amide bonds. The van der Waals surface area contributed by atoms with Crippen LogP contribution in [0.15, 0.2) is 42.5 Å². The summed E-state index contributed by atoms with van der Waals surface area (Å²) in [6, 6.07) is 14.0. The average Bonchev–Trinajstić information content (AvgIpc) is 2.46. The molecule has 0 aromatic heterocycles. The summed E-state index contributed by atoms with van der Waals surface area (Å²) < 4.78 is 11.0. The van der Waals surface area contributed by atoms with Crippen LogP contribution in [-0.4, -0.2) is 7.11 Å². The molecule has 0 radical (unpaired) electrons. The van der Waals surface area contributed by atoms with E-state index in [4.69, 9.17) is 21.1 Å². The maximum absolute atomic E-state index is 5.91. The minimum absolute atomic E-state index is 0.424.